The average Bonchev–Trinajstić information content (AvgIpc) is 1.31. The number of hydrogen-bond acceptors (Lipinski definition) is 4. The molecule has 0 rings (SSSR count). The summed E-state index contributed by atoms with van der Waals surface area (Å²) in [4.78, 5) is 28.0. The number of quaternary nitrogens is 1. The molecule has 0 aliphatic heterocycles. The number of carbonyl (C=O) groups is 1. The number of nitrogens with two attached hydrogens (primary N) is 1. The molecular weight excluding hydrogens is 135 g/mol. The van der Waals surface area contributed by atoms with Crippen LogP contribution in [0.1, 0.15) is 1.43 Å². The van der Waals surface area contributed by atoms with Gasteiger partial charge in [-0.3, -0.25) is 4.79 Å². The highest BCUT2D eigenvalue weighted by Gasteiger charge is 1.94. The molecule has 0 saturated carbocycles. The van der Waals surface area contributed by atoms with E-state index in [0.717, 1.165) is 0 Å². The fraction of sp³-hybridized carbons (Fsp3) is 0. The van der Waals surface area contributed by atoms with Gasteiger partial charge in [-0.15, -0.1) is 0 Å². The Morgan fingerprint density at radius 1 is 1.62 bits per heavy atom. The molecule has 6 nitrogen and oxygen atoms in total. The van der Waals surface area contributed by atoms with Crippen molar-refractivity contribution < 1.29 is 20.6 Å². The van der Waals surface area contributed by atoms with Gasteiger partial charge >= 0.3 is 1.43 Å². The van der Waals surface area contributed by atoms with Crippen molar-refractivity contribution in [3.63, 3.8) is 0 Å². The van der Waals surface area contributed by atoms with Gasteiger partial charge in [0.25, 0.3) is 0 Å². The first-order chi connectivity index (χ1) is 2.94. The second kappa shape index (κ2) is 2.78. The Labute approximate surface area is 46.9 Å². The maximum atomic E-state index is 9.35. The molecular formula is CH7N2O4P. The van der Waals surface area contributed by atoms with Crippen molar-refractivity contribution in [3.05, 3.63) is 0 Å². The van der Waals surface area contributed by atoms with Crippen LogP contribution in [0, 0.1) is 0 Å². The molecule has 6 N–H and O–H groups in total. The van der Waals surface area contributed by atoms with Crippen molar-refractivity contribution in [2.24, 2.45) is 5.73 Å². The van der Waals surface area contributed by atoms with Gasteiger partial charge in [-0.25, -0.2) is 0 Å². The number of carbonyl (C=O) groups excluding carboxylic acids is 1. The van der Waals surface area contributed by atoms with Crippen LogP contribution in [0.3, 0.4) is 0 Å². The lowest BCUT2D eigenvalue weighted by Crippen LogP contribution is -2.26. The summed E-state index contributed by atoms with van der Waals surface area (Å²) in [5, 5.41) is 0. The second-order valence-electron chi connectivity index (χ2n) is 0.836. The summed E-state index contributed by atoms with van der Waals surface area (Å²) in [6.07, 6.45) is 0. The van der Waals surface area contributed by atoms with Crippen LogP contribution >= 0.6 is 7.60 Å². The van der Waals surface area contributed by atoms with Crippen molar-refractivity contribution in [1.82, 2.24) is 6.15 Å². The Hall–Kier alpha value is -0.420. The Balaban J connectivity index is -0.000000180. The van der Waals surface area contributed by atoms with Gasteiger partial charge in [-0.05, 0) is 0 Å². The van der Waals surface area contributed by atoms with Crippen molar-refractivity contribution in [1.29, 1.82) is 0 Å². The summed E-state index contributed by atoms with van der Waals surface area (Å²) in [5.41, 5.74) is 2.23. The Morgan fingerprint density at radius 2 is 1.75 bits per heavy atom. The van der Waals surface area contributed by atoms with E-state index in [4.69, 9.17) is 0 Å². The minimum absolute atomic E-state index is 0. The van der Waals surface area contributed by atoms with Gasteiger partial charge in [-0.1, -0.05) is 0 Å². The molecule has 0 saturated heterocycles. The lowest BCUT2D eigenvalue weighted by Gasteiger charge is -2.23. The van der Waals surface area contributed by atoms with E-state index in [1.54, 1.807) is 0 Å². The van der Waals surface area contributed by atoms with Gasteiger partial charge in [0.2, 0.25) is 5.65 Å². The molecule has 0 aromatic carbocycles. The van der Waals surface area contributed by atoms with Gasteiger partial charge in [0.1, 0.15) is 0 Å². The van der Waals surface area contributed by atoms with E-state index in [-0.39, 0.29) is 7.58 Å². The van der Waals surface area contributed by atoms with Crippen LogP contribution in [0.4, 0.5) is 4.79 Å². The molecule has 7 heteroatoms. The number of hydrogen-bond donors (Lipinski definition) is 2. The van der Waals surface area contributed by atoms with E-state index < -0.39 is 13.2 Å². The molecule has 1 amide bonds. The zero-order chi connectivity index (χ0) is 6.08. The van der Waals surface area contributed by atoms with Crippen molar-refractivity contribution in [2.45, 2.75) is 0 Å². The van der Waals surface area contributed by atoms with Crippen molar-refractivity contribution >= 4 is 13.2 Å². The van der Waals surface area contributed by atoms with Crippen molar-refractivity contribution in [2.75, 3.05) is 0 Å². The van der Waals surface area contributed by atoms with Gasteiger partial charge in [0.05, 0.1) is 0 Å². The maximum absolute atomic E-state index is 9.35. The topological polar surface area (TPSA) is 143 Å². The smallest absolute Gasteiger partial charge is 0.804 e. The van der Waals surface area contributed by atoms with E-state index in [0.29, 0.717) is 0 Å². The summed E-state index contributed by atoms with van der Waals surface area (Å²) in [6.45, 7) is 0. The third-order valence-electron chi connectivity index (χ3n) is 0.270. The fourth-order valence-electron chi connectivity index (χ4n) is 0. The SMILES string of the molecule is NC(=O)P(=O)([O-])[O-].[H+].[NH4+]. The summed E-state index contributed by atoms with van der Waals surface area (Å²) in [7, 11) is -5.10. The molecule has 0 aliphatic rings. The Morgan fingerprint density at radius 3 is 1.75 bits per heavy atom. The molecule has 0 spiro atoms. The molecule has 0 heterocycles. The highest BCUT2D eigenvalue weighted by molar-refractivity contribution is 7.67. The first kappa shape index (κ1) is 10.5. The van der Waals surface area contributed by atoms with Crippen LogP contribution in [0.25, 0.3) is 0 Å². The van der Waals surface area contributed by atoms with E-state index in [1.807, 2.05) is 0 Å². The molecule has 0 aliphatic carbocycles. The Bertz CT molecular complexity index is 131. The molecule has 50 valence electrons. The van der Waals surface area contributed by atoms with Crippen LogP contribution in [0.15, 0.2) is 0 Å². The van der Waals surface area contributed by atoms with Crippen LogP contribution in [0.2, 0.25) is 0 Å². The number of amides is 1. The predicted octanol–water partition coefficient (Wildman–Crippen LogP) is -1.53. The first-order valence-corrected chi connectivity index (χ1v) is 2.81. The van der Waals surface area contributed by atoms with E-state index in [1.165, 1.54) is 0 Å². The van der Waals surface area contributed by atoms with Gasteiger partial charge in [0, 0.05) is 7.60 Å². The number of rotatable bonds is 1. The third kappa shape index (κ3) is 3.76. The normalized spacial score (nSPS) is 9.75. The van der Waals surface area contributed by atoms with Gasteiger partial charge in [0.15, 0.2) is 0 Å². The predicted molar refractivity (Wildman–Crippen MR) is 24.3 cm³/mol. The van der Waals surface area contributed by atoms with Crippen molar-refractivity contribution in [3.8, 4) is 0 Å². The van der Waals surface area contributed by atoms with Gasteiger partial charge in [-0.2, -0.15) is 0 Å². The van der Waals surface area contributed by atoms with Crippen LogP contribution in [0.5, 0.6) is 0 Å². The minimum Gasteiger partial charge on any atom is -0.804 e. The largest absolute Gasteiger partial charge is 1.00 e. The highest BCUT2D eigenvalue weighted by Crippen LogP contribution is 2.20. The molecule has 0 aromatic heterocycles. The third-order valence-corrected chi connectivity index (χ3v) is 0.810. The lowest BCUT2D eigenvalue weighted by molar-refractivity contribution is -0.307. The molecule has 0 fully saturated rings. The quantitative estimate of drug-likeness (QED) is 0.427. The van der Waals surface area contributed by atoms with Crippen LogP contribution in [-0.2, 0) is 4.57 Å². The van der Waals surface area contributed by atoms with Gasteiger partial charge < -0.3 is 26.2 Å². The molecule has 8 heavy (non-hydrogen) atoms. The minimum atomic E-state index is -5.10. The summed E-state index contributed by atoms with van der Waals surface area (Å²) >= 11 is 0. The summed E-state index contributed by atoms with van der Waals surface area (Å²) < 4.78 is 9.33. The van der Waals surface area contributed by atoms with E-state index >= 15 is 0 Å². The molecule has 0 radical (unpaired) electrons. The summed E-state index contributed by atoms with van der Waals surface area (Å²) in [6, 6.07) is 0. The molecule has 0 atom stereocenters. The number of primary amides is 1. The van der Waals surface area contributed by atoms with E-state index in [9.17, 15) is 19.1 Å². The maximum Gasteiger partial charge on any atom is 1.00 e. The first-order valence-electron chi connectivity index (χ1n) is 1.26. The molecule has 0 aromatic rings. The average molecular weight is 142 g/mol. The zero-order valence-electron chi connectivity index (χ0n) is 5.16. The summed E-state index contributed by atoms with van der Waals surface area (Å²) in [5.74, 6) is 0. The molecule has 0 unspecified atom stereocenters. The van der Waals surface area contributed by atoms with Crippen LogP contribution in [-0.4, -0.2) is 5.65 Å². The highest BCUT2D eigenvalue weighted by atomic mass is 31.2. The molecule has 0 bridgehead atoms. The van der Waals surface area contributed by atoms with Crippen LogP contribution < -0.4 is 21.7 Å². The monoisotopic (exact) mass is 142 g/mol. The Kier molecular flexibility index (Phi) is 3.67. The van der Waals surface area contributed by atoms with E-state index in [2.05, 4.69) is 5.73 Å². The zero-order valence-corrected chi connectivity index (χ0v) is 5.05. The standard InChI is InChI=1S/CH4NO4P.H3N/c2-1(3)7(4,5)6;/h(H2,2,3)(H2,4,5,6);1H3. The fourth-order valence-corrected chi connectivity index (χ4v) is 0. The second-order valence-corrected chi connectivity index (χ2v) is 2.27. The lowest BCUT2D eigenvalue weighted by atomic mass is 11.5.